The third-order valence-corrected chi connectivity index (χ3v) is 3.21. The van der Waals surface area contributed by atoms with E-state index in [1.807, 2.05) is 19.9 Å². The molecule has 2 rings (SSSR count). The average Bonchev–Trinajstić information content (AvgIpc) is 2.69. The van der Waals surface area contributed by atoms with Crippen molar-refractivity contribution in [2.24, 2.45) is 5.41 Å². The summed E-state index contributed by atoms with van der Waals surface area (Å²) in [4.78, 5) is 11.6. The van der Waals surface area contributed by atoms with Gasteiger partial charge in [-0.2, -0.15) is 4.37 Å². The van der Waals surface area contributed by atoms with Gasteiger partial charge in [0.05, 0.1) is 5.69 Å². The number of nitrogens with one attached hydrogen (secondary N) is 1. The molecule has 1 fully saturated rings. The molecule has 0 radical (unpaired) electrons. The van der Waals surface area contributed by atoms with Crippen molar-refractivity contribution in [2.75, 3.05) is 5.32 Å². The van der Waals surface area contributed by atoms with Gasteiger partial charge in [-0.05, 0) is 37.4 Å². The molecule has 4 heteroatoms. The minimum Gasteiger partial charge on any atom is -0.316 e. The first-order valence-electron chi connectivity index (χ1n) is 4.35. The lowest BCUT2D eigenvalue weighted by molar-refractivity contribution is -0.120. The molecule has 1 heterocycles. The first-order valence-corrected chi connectivity index (χ1v) is 5.12. The van der Waals surface area contributed by atoms with E-state index in [4.69, 9.17) is 0 Å². The molecular weight excluding hydrogens is 184 g/mol. The quantitative estimate of drug-likeness (QED) is 0.787. The number of amides is 1. The highest BCUT2D eigenvalue weighted by molar-refractivity contribution is 7.10. The molecule has 3 nitrogen and oxygen atoms in total. The van der Waals surface area contributed by atoms with Crippen molar-refractivity contribution in [2.45, 2.75) is 26.7 Å². The Labute approximate surface area is 81.3 Å². The Morgan fingerprint density at radius 1 is 1.69 bits per heavy atom. The highest BCUT2D eigenvalue weighted by atomic mass is 32.1. The SMILES string of the molecule is Cc1cc(NC(=O)C2(C)CC2)sn1. The van der Waals surface area contributed by atoms with E-state index < -0.39 is 0 Å². The van der Waals surface area contributed by atoms with Crippen molar-refractivity contribution < 1.29 is 4.79 Å². The van der Waals surface area contributed by atoms with Crippen molar-refractivity contribution in [1.29, 1.82) is 0 Å². The van der Waals surface area contributed by atoms with Crippen LogP contribution in [0.3, 0.4) is 0 Å². The van der Waals surface area contributed by atoms with E-state index in [1.54, 1.807) is 0 Å². The number of anilines is 1. The molecule has 0 atom stereocenters. The molecule has 0 saturated heterocycles. The molecule has 70 valence electrons. The van der Waals surface area contributed by atoms with Crippen molar-refractivity contribution in [3.63, 3.8) is 0 Å². The van der Waals surface area contributed by atoms with Gasteiger partial charge in [0.25, 0.3) is 0 Å². The summed E-state index contributed by atoms with van der Waals surface area (Å²) in [7, 11) is 0. The molecular formula is C9H12N2OS. The lowest BCUT2D eigenvalue weighted by Gasteiger charge is -2.06. The Bertz CT molecular complexity index is 341. The van der Waals surface area contributed by atoms with Gasteiger partial charge in [-0.15, -0.1) is 0 Å². The highest BCUT2D eigenvalue weighted by Gasteiger charge is 2.44. The second-order valence-electron chi connectivity index (χ2n) is 3.85. The van der Waals surface area contributed by atoms with Gasteiger partial charge >= 0.3 is 0 Å². The number of rotatable bonds is 2. The first kappa shape index (κ1) is 8.69. The van der Waals surface area contributed by atoms with E-state index in [0.29, 0.717) is 0 Å². The molecule has 0 aliphatic heterocycles. The van der Waals surface area contributed by atoms with Crippen molar-refractivity contribution in [1.82, 2.24) is 4.37 Å². The Morgan fingerprint density at radius 2 is 2.38 bits per heavy atom. The van der Waals surface area contributed by atoms with Gasteiger partial charge in [0.15, 0.2) is 0 Å². The van der Waals surface area contributed by atoms with Crippen LogP contribution in [0.5, 0.6) is 0 Å². The molecule has 0 spiro atoms. The summed E-state index contributed by atoms with van der Waals surface area (Å²) in [6.07, 6.45) is 2.02. The molecule has 1 N–H and O–H groups in total. The molecule has 13 heavy (non-hydrogen) atoms. The van der Waals surface area contributed by atoms with E-state index in [-0.39, 0.29) is 11.3 Å². The zero-order valence-electron chi connectivity index (χ0n) is 7.76. The van der Waals surface area contributed by atoms with E-state index >= 15 is 0 Å². The Kier molecular flexibility index (Phi) is 1.87. The van der Waals surface area contributed by atoms with Crippen LogP contribution in [0.4, 0.5) is 5.00 Å². The summed E-state index contributed by atoms with van der Waals surface area (Å²) in [5.41, 5.74) is 0.860. The zero-order valence-corrected chi connectivity index (χ0v) is 8.57. The third-order valence-electron chi connectivity index (χ3n) is 2.41. The fourth-order valence-corrected chi connectivity index (χ4v) is 1.76. The van der Waals surface area contributed by atoms with Gasteiger partial charge in [-0.25, -0.2) is 0 Å². The number of carbonyl (C=O) groups excluding carboxylic acids is 1. The van der Waals surface area contributed by atoms with Crippen LogP contribution in [-0.4, -0.2) is 10.3 Å². The minimum absolute atomic E-state index is 0.0993. The fourth-order valence-electron chi connectivity index (χ4n) is 1.10. The second-order valence-corrected chi connectivity index (χ2v) is 4.65. The van der Waals surface area contributed by atoms with Gasteiger partial charge in [-0.1, -0.05) is 6.92 Å². The smallest absolute Gasteiger partial charge is 0.230 e. The van der Waals surface area contributed by atoms with Gasteiger partial charge in [-0.3, -0.25) is 4.79 Å². The normalized spacial score (nSPS) is 18.3. The number of aromatic nitrogens is 1. The van der Waals surface area contributed by atoms with Crippen LogP contribution in [0.2, 0.25) is 0 Å². The van der Waals surface area contributed by atoms with Crippen molar-refractivity contribution in [3.8, 4) is 0 Å². The predicted octanol–water partition coefficient (Wildman–Crippen LogP) is 2.19. The molecule has 1 aliphatic rings. The van der Waals surface area contributed by atoms with E-state index in [2.05, 4.69) is 9.69 Å². The van der Waals surface area contributed by atoms with Crippen LogP contribution < -0.4 is 5.32 Å². The molecule has 0 aromatic carbocycles. The molecule has 1 aliphatic carbocycles. The lowest BCUT2D eigenvalue weighted by atomic mass is 10.1. The maximum Gasteiger partial charge on any atom is 0.230 e. The topological polar surface area (TPSA) is 42.0 Å². The number of hydrogen-bond acceptors (Lipinski definition) is 3. The van der Waals surface area contributed by atoms with E-state index in [1.165, 1.54) is 11.5 Å². The summed E-state index contributed by atoms with van der Waals surface area (Å²) >= 11 is 1.34. The Hall–Kier alpha value is -0.900. The number of aryl methyl sites for hydroxylation is 1. The predicted molar refractivity (Wildman–Crippen MR) is 52.8 cm³/mol. The van der Waals surface area contributed by atoms with Gasteiger partial charge in [0.1, 0.15) is 5.00 Å². The van der Waals surface area contributed by atoms with Crippen LogP contribution in [0, 0.1) is 12.3 Å². The van der Waals surface area contributed by atoms with Crippen LogP contribution >= 0.6 is 11.5 Å². The maximum absolute atomic E-state index is 11.6. The summed E-state index contributed by atoms with van der Waals surface area (Å²) in [5, 5.41) is 3.74. The zero-order chi connectivity index (χ0) is 9.47. The van der Waals surface area contributed by atoms with Gasteiger partial charge in [0, 0.05) is 5.41 Å². The summed E-state index contributed by atoms with van der Waals surface area (Å²) in [6, 6.07) is 1.90. The minimum atomic E-state index is -0.0993. The summed E-state index contributed by atoms with van der Waals surface area (Å²) < 4.78 is 4.10. The number of nitrogens with zero attached hydrogens (tertiary/aromatic N) is 1. The Morgan fingerprint density at radius 3 is 2.85 bits per heavy atom. The van der Waals surface area contributed by atoms with Gasteiger partial charge < -0.3 is 5.32 Å². The number of carbonyl (C=O) groups is 1. The van der Waals surface area contributed by atoms with Crippen LogP contribution in [0.25, 0.3) is 0 Å². The lowest BCUT2D eigenvalue weighted by Crippen LogP contribution is -2.20. The molecule has 1 amide bonds. The van der Waals surface area contributed by atoms with Crippen molar-refractivity contribution in [3.05, 3.63) is 11.8 Å². The molecule has 1 aromatic heterocycles. The van der Waals surface area contributed by atoms with Gasteiger partial charge in [0.2, 0.25) is 5.91 Å². The molecule has 1 saturated carbocycles. The average molecular weight is 196 g/mol. The maximum atomic E-state index is 11.6. The van der Waals surface area contributed by atoms with Crippen LogP contribution in [-0.2, 0) is 4.79 Å². The van der Waals surface area contributed by atoms with Crippen molar-refractivity contribution >= 4 is 22.4 Å². The second kappa shape index (κ2) is 2.80. The molecule has 1 aromatic rings. The monoisotopic (exact) mass is 196 g/mol. The summed E-state index contributed by atoms with van der Waals surface area (Å²) in [5.74, 6) is 0.135. The molecule has 0 unspecified atom stereocenters. The fraction of sp³-hybridized carbons (Fsp3) is 0.556. The first-order chi connectivity index (χ1) is 6.10. The third kappa shape index (κ3) is 1.72. The van der Waals surface area contributed by atoms with E-state index in [0.717, 1.165) is 23.5 Å². The summed E-state index contributed by atoms with van der Waals surface area (Å²) in [6.45, 7) is 3.92. The molecule has 0 bridgehead atoms. The number of hydrogen-bond donors (Lipinski definition) is 1. The largest absolute Gasteiger partial charge is 0.316 e. The standard InChI is InChI=1S/C9H12N2OS/c1-6-5-7(13-11-6)10-8(12)9(2)3-4-9/h5H,3-4H2,1-2H3,(H,10,12). The highest BCUT2D eigenvalue weighted by Crippen LogP contribution is 2.45. The Balaban J connectivity index is 2.02. The van der Waals surface area contributed by atoms with Crippen LogP contribution in [0.1, 0.15) is 25.5 Å². The van der Waals surface area contributed by atoms with Crippen LogP contribution in [0.15, 0.2) is 6.07 Å². The van der Waals surface area contributed by atoms with E-state index in [9.17, 15) is 4.79 Å².